The smallest absolute Gasteiger partial charge is 0.262 e. The van der Waals surface area contributed by atoms with Gasteiger partial charge in [0.1, 0.15) is 11.5 Å². The third-order valence-corrected chi connectivity index (χ3v) is 5.55. The summed E-state index contributed by atoms with van der Waals surface area (Å²) in [7, 11) is 1.58. The predicted molar refractivity (Wildman–Crippen MR) is 131 cm³/mol. The molecule has 2 N–H and O–H groups in total. The largest absolute Gasteiger partial charge is 0.497 e. The number of nitrogens with zero attached hydrogens (tertiary/aromatic N) is 1. The van der Waals surface area contributed by atoms with Crippen LogP contribution in [0.25, 0.3) is 0 Å². The molecule has 0 radical (unpaired) electrons. The first-order chi connectivity index (χ1) is 16.0. The van der Waals surface area contributed by atoms with E-state index >= 15 is 0 Å². The Labute approximate surface area is 197 Å². The van der Waals surface area contributed by atoms with Crippen LogP contribution in [0.4, 0.5) is 5.69 Å². The van der Waals surface area contributed by atoms with Gasteiger partial charge >= 0.3 is 0 Å². The second kappa shape index (κ2) is 12.3. The number of hydrazone groups is 1. The summed E-state index contributed by atoms with van der Waals surface area (Å²) in [4.78, 5) is 25.3. The third-order valence-electron chi connectivity index (χ3n) is 4.44. The summed E-state index contributed by atoms with van der Waals surface area (Å²) in [6.07, 6.45) is 1.55. The molecule has 3 aromatic rings. The van der Waals surface area contributed by atoms with Crippen molar-refractivity contribution < 1.29 is 19.1 Å². The minimum Gasteiger partial charge on any atom is -0.497 e. The number of hydrogen-bond acceptors (Lipinski definition) is 6. The number of rotatable bonds is 10. The number of ether oxygens (including phenoxy) is 2. The van der Waals surface area contributed by atoms with Crippen molar-refractivity contribution in [1.82, 2.24) is 5.43 Å². The Morgan fingerprint density at radius 2 is 1.64 bits per heavy atom. The molecule has 0 spiro atoms. The normalized spacial score (nSPS) is 11.6. The summed E-state index contributed by atoms with van der Waals surface area (Å²) >= 11 is 1.47. The van der Waals surface area contributed by atoms with Gasteiger partial charge in [-0.2, -0.15) is 5.10 Å². The average molecular weight is 464 g/mol. The van der Waals surface area contributed by atoms with E-state index in [9.17, 15) is 9.59 Å². The zero-order valence-electron chi connectivity index (χ0n) is 18.4. The Bertz CT molecular complexity index is 1070. The van der Waals surface area contributed by atoms with Gasteiger partial charge in [0.25, 0.3) is 11.8 Å². The molecule has 0 aromatic heterocycles. The van der Waals surface area contributed by atoms with Crippen LogP contribution in [0, 0.1) is 0 Å². The van der Waals surface area contributed by atoms with Crippen LogP contribution in [0.3, 0.4) is 0 Å². The average Bonchev–Trinajstić information content (AvgIpc) is 2.84. The fourth-order valence-corrected chi connectivity index (χ4v) is 3.57. The zero-order valence-corrected chi connectivity index (χ0v) is 19.2. The van der Waals surface area contributed by atoms with Crippen LogP contribution < -0.4 is 20.2 Å². The van der Waals surface area contributed by atoms with Gasteiger partial charge in [0, 0.05) is 10.6 Å². The number of benzene rings is 3. The van der Waals surface area contributed by atoms with Crippen molar-refractivity contribution in [2.75, 3.05) is 19.0 Å². The number of amides is 2. The first-order valence-corrected chi connectivity index (χ1v) is 11.1. The van der Waals surface area contributed by atoms with Gasteiger partial charge in [0.2, 0.25) is 0 Å². The standard InChI is InChI=1S/C25H25N3O4S/c1-18(33-23-6-4-3-5-7-23)25(30)28-26-16-19-8-12-22(13-9-19)32-17-24(29)27-20-10-14-21(31-2)15-11-20/h3-16,18H,17H2,1-2H3,(H,27,29)(H,28,30)/b26-16-/t18-/m0/s1. The molecule has 1 atom stereocenters. The Morgan fingerprint density at radius 1 is 0.970 bits per heavy atom. The summed E-state index contributed by atoms with van der Waals surface area (Å²) in [5.41, 5.74) is 4.00. The summed E-state index contributed by atoms with van der Waals surface area (Å²) in [5, 5.41) is 6.50. The number of carbonyl (C=O) groups excluding carboxylic acids is 2. The summed E-state index contributed by atoms with van der Waals surface area (Å²) in [6, 6.07) is 23.8. The van der Waals surface area contributed by atoms with E-state index in [1.54, 1.807) is 61.9 Å². The fraction of sp³-hybridized carbons (Fsp3) is 0.160. The van der Waals surface area contributed by atoms with Crippen LogP contribution in [-0.2, 0) is 9.59 Å². The molecule has 0 bridgehead atoms. The molecular weight excluding hydrogens is 438 g/mol. The highest BCUT2D eigenvalue weighted by Gasteiger charge is 2.13. The molecule has 33 heavy (non-hydrogen) atoms. The lowest BCUT2D eigenvalue weighted by molar-refractivity contribution is -0.120. The second-order valence-electron chi connectivity index (χ2n) is 6.94. The lowest BCUT2D eigenvalue weighted by Gasteiger charge is -2.09. The molecule has 0 aliphatic carbocycles. The summed E-state index contributed by atoms with van der Waals surface area (Å²) in [6.45, 7) is 1.71. The van der Waals surface area contributed by atoms with E-state index in [2.05, 4.69) is 15.8 Å². The van der Waals surface area contributed by atoms with Crippen LogP contribution in [0.2, 0.25) is 0 Å². The first-order valence-electron chi connectivity index (χ1n) is 10.2. The van der Waals surface area contributed by atoms with Crippen LogP contribution in [0.1, 0.15) is 12.5 Å². The van der Waals surface area contributed by atoms with Crippen LogP contribution in [-0.4, -0.2) is 37.0 Å². The second-order valence-corrected chi connectivity index (χ2v) is 8.36. The van der Waals surface area contributed by atoms with Gasteiger partial charge in [0.15, 0.2) is 6.61 Å². The van der Waals surface area contributed by atoms with E-state index in [1.165, 1.54) is 11.8 Å². The third kappa shape index (κ3) is 8.01. The van der Waals surface area contributed by atoms with E-state index in [0.29, 0.717) is 17.2 Å². The van der Waals surface area contributed by atoms with Gasteiger partial charge in [-0.15, -0.1) is 11.8 Å². The Morgan fingerprint density at radius 3 is 2.30 bits per heavy atom. The minimum atomic E-state index is -0.274. The predicted octanol–water partition coefficient (Wildman–Crippen LogP) is 4.34. The summed E-state index contributed by atoms with van der Waals surface area (Å²) < 4.78 is 10.6. The molecule has 0 saturated heterocycles. The van der Waals surface area contributed by atoms with Crippen LogP contribution in [0.15, 0.2) is 88.9 Å². The Balaban J connectivity index is 1.41. The number of anilines is 1. The highest BCUT2D eigenvalue weighted by Crippen LogP contribution is 2.22. The number of nitrogens with one attached hydrogen (secondary N) is 2. The maximum absolute atomic E-state index is 12.2. The lowest BCUT2D eigenvalue weighted by Crippen LogP contribution is -2.26. The maximum Gasteiger partial charge on any atom is 0.262 e. The molecule has 0 aliphatic rings. The Hall–Kier alpha value is -3.78. The summed E-state index contributed by atoms with van der Waals surface area (Å²) in [5.74, 6) is 0.820. The molecule has 0 heterocycles. The fourth-order valence-electron chi connectivity index (χ4n) is 2.69. The highest BCUT2D eigenvalue weighted by molar-refractivity contribution is 8.00. The number of thioether (sulfide) groups is 1. The monoisotopic (exact) mass is 463 g/mol. The highest BCUT2D eigenvalue weighted by atomic mass is 32.2. The molecule has 0 unspecified atom stereocenters. The van der Waals surface area contributed by atoms with Crippen LogP contribution >= 0.6 is 11.8 Å². The van der Waals surface area contributed by atoms with Gasteiger partial charge in [-0.05, 0) is 73.2 Å². The van der Waals surface area contributed by atoms with Crippen molar-refractivity contribution in [3.63, 3.8) is 0 Å². The maximum atomic E-state index is 12.2. The van der Waals surface area contributed by atoms with Gasteiger partial charge < -0.3 is 14.8 Å². The minimum absolute atomic E-state index is 0.119. The lowest BCUT2D eigenvalue weighted by atomic mass is 10.2. The molecule has 3 rings (SSSR count). The van der Waals surface area contributed by atoms with Gasteiger partial charge in [-0.3, -0.25) is 9.59 Å². The molecule has 170 valence electrons. The molecular formula is C25H25N3O4S. The molecule has 0 fully saturated rings. The zero-order chi connectivity index (χ0) is 23.5. The topological polar surface area (TPSA) is 89.0 Å². The van der Waals surface area contributed by atoms with E-state index in [0.717, 1.165) is 10.5 Å². The van der Waals surface area contributed by atoms with E-state index in [-0.39, 0.29) is 23.7 Å². The molecule has 2 amide bonds. The van der Waals surface area contributed by atoms with Gasteiger partial charge in [-0.25, -0.2) is 5.43 Å². The van der Waals surface area contributed by atoms with Crippen molar-refractivity contribution in [2.24, 2.45) is 5.10 Å². The van der Waals surface area contributed by atoms with Crippen molar-refractivity contribution in [1.29, 1.82) is 0 Å². The molecule has 8 heteroatoms. The van der Waals surface area contributed by atoms with E-state index in [4.69, 9.17) is 9.47 Å². The van der Waals surface area contributed by atoms with Crippen molar-refractivity contribution in [3.8, 4) is 11.5 Å². The molecule has 7 nitrogen and oxygen atoms in total. The number of hydrogen-bond donors (Lipinski definition) is 2. The van der Waals surface area contributed by atoms with Crippen LogP contribution in [0.5, 0.6) is 11.5 Å². The van der Waals surface area contributed by atoms with Crippen molar-refractivity contribution >= 4 is 35.5 Å². The first kappa shape index (κ1) is 23.9. The van der Waals surface area contributed by atoms with E-state index in [1.807, 2.05) is 37.3 Å². The van der Waals surface area contributed by atoms with Crippen molar-refractivity contribution in [2.45, 2.75) is 17.1 Å². The quantitative estimate of drug-likeness (QED) is 0.265. The molecule has 0 saturated carbocycles. The SMILES string of the molecule is COc1ccc(NC(=O)COc2ccc(/C=N\NC(=O)[C@H](C)Sc3ccccc3)cc2)cc1. The van der Waals surface area contributed by atoms with Gasteiger partial charge in [-0.1, -0.05) is 18.2 Å². The van der Waals surface area contributed by atoms with Crippen molar-refractivity contribution in [3.05, 3.63) is 84.4 Å². The van der Waals surface area contributed by atoms with E-state index < -0.39 is 0 Å². The van der Waals surface area contributed by atoms with Gasteiger partial charge in [0.05, 0.1) is 18.6 Å². The number of methoxy groups -OCH3 is 1. The molecule has 3 aromatic carbocycles. The Kier molecular flexibility index (Phi) is 8.90. The molecule has 0 aliphatic heterocycles. The number of carbonyl (C=O) groups is 2.